The number of nitrogens with zero attached hydrogens (tertiary/aromatic N) is 1. The SMILES string of the molecule is CC(NC(=O)CCCCCN)C(=O)N(C)C. The molecule has 0 aliphatic rings. The quantitative estimate of drug-likeness (QED) is 0.608. The molecule has 2 amide bonds. The van der Waals surface area contributed by atoms with E-state index in [9.17, 15) is 9.59 Å². The van der Waals surface area contributed by atoms with E-state index in [0.717, 1.165) is 19.3 Å². The van der Waals surface area contributed by atoms with Gasteiger partial charge in [0, 0.05) is 20.5 Å². The fourth-order valence-corrected chi connectivity index (χ4v) is 1.37. The minimum Gasteiger partial charge on any atom is -0.347 e. The molecule has 0 aliphatic heterocycles. The number of nitrogens with one attached hydrogen (secondary N) is 1. The van der Waals surface area contributed by atoms with Gasteiger partial charge in [0.1, 0.15) is 6.04 Å². The van der Waals surface area contributed by atoms with E-state index in [0.29, 0.717) is 13.0 Å². The molecule has 0 aromatic heterocycles. The first-order chi connectivity index (χ1) is 7.49. The van der Waals surface area contributed by atoms with Crippen molar-refractivity contribution >= 4 is 11.8 Å². The fourth-order valence-electron chi connectivity index (χ4n) is 1.37. The van der Waals surface area contributed by atoms with Gasteiger partial charge in [0.15, 0.2) is 0 Å². The number of nitrogens with two attached hydrogens (primary N) is 1. The zero-order chi connectivity index (χ0) is 12.6. The van der Waals surface area contributed by atoms with Crippen molar-refractivity contribution in [1.29, 1.82) is 0 Å². The van der Waals surface area contributed by atoms with Crippen LogP contribution in [0.5, 0.6) is 0 Å². The minimum atomic E-state index is -0.447. The molecule has 0 aromatic carbocycles. The predicted molar refractivity (Wildman–Crippen MR) is 63.8 cm³/mol. The second kappa shape index (κ2) is 8.10. The Morgan fingerprint density at radius 3 is 2.38 bits per heavy atom. The van der Waals surface area contributed by atoms with Crippen molar-refractivity contribution in [2.24, 2.45) is 5.73 Å². The molecule has 0 radical (unpaired) electrons. The van der Waals surface area contributed by atoms with Crippen molar-refractivity contribution in [2.75, 3.05) is 20.6 Å². The molecule has 0 bridgehead atoms. The summed E-state index contributed by atoms with van der Waals surface area (Å²) in [4.78, 5) is 24.4. The Balaban J connectivity index is 3.74. The summed E-state index contributed by atoms with van der Waals surface area (Å²) < 4.78 is 0. The number of likely N-dealkylation sites (N-methyl/N-ethyl adjacent to an activating group) is 1. The van der Waals surface area contributed by atoms with Crippen LogP contribution in [0.15, 0.2) is 0 Å². The molecular formula is C11H23N3O2. The zero-order valence-electron chi connectivity index (χ0n) is 10.5. The molecular weight excluding hydrogens is 206 g/mol. The maximum Gasteiger partial charge on any atom is 0.244 e. The van der Waals surface area contributed by atoms with Crippen molar-refractivity contribution < 1.29 is 9.59 Å². The molecule has 5 nitrogen and oxygen atoms in total. The Hall–Kier alpha value is -1.10. The third-order valence-corrected chi connectivity index (χ3v) is 2.30. The van der Waals surface area contributed by atoms with E-state index in [1.54, 1.807) is 21.0 Å². The molecule has 0 saturated carbocycles. The highest BCUT2D eigenvalue weighted by atomic mass is 16.2. The van der Waals surface area contributed by atoms with Crippen LogP contribution >= 0.6 is 0 Å². The van der Waals surface area contributed by atoms with Crippen LogP contribution in [0, 0.1) is 0 Å². The van der Waals surface area contributed by atoms with Crippen molar-refractivity contribution in [1.82, 2.24) is 10.2 Å². The van der Waals surface area contributed by atoms with Gasteiger partial charge in [-0.1, -0.05) is 6.42 Å². The molecule has 0 saturated heterocycles. The topological polar surface area (TPSA) is 75.4 Å². The summed E-state index contributed by atoms with van der Waals surface area (Å²) in [6, 6.07) is -0.447. The van der Waals surface area contributed by atoms with Crippen LogP contribution in [0.4, 0.5) is 0 Å². The third kappa shape index (κ3) is 6.40. The van der Waals surface area contributed by atoms with Gasteiger partial charge in [0.25, 0.3) is 0 Å². The average molecular weight is 229 g/mol. The van der Waals surface area contributed by atoms with E-state index < -0.39 is 6.04 Å². The summed E-state index contributed by atoms with van der Waals surface area (Å²) in [5.41, 5.74) is 5.35. The first kappa shape index (κ1) is 14.9. The highest BCUT2D eigenvalue weighted by Crippen LogP contribution is 1.99. The summed E-state index contributed by atoms with van der Waals surface area (Å²) in [6.45, 7) is 2.36. The molecule has 0 rings (SSSR count). The van der Waals surface area contributed by atoms with Crippen LogP contribution in [0.25, 0.3) is 0 Å². The number of amides is 2. The highest BCUT2D eigenvalue weighted by Gasteiger charge is 2.16. The molecule has 0 aliphatic carbocycles. The Morgan fingerprint density at radius 2 is 1.88 bits per heavy atom. The fraction of sp³-hybridized carbons (Fsp3) is 0.818. The molecule has 0 spiro atoms. The lowest BCUT2D eigenvalue weighted by molar-refractivity contribution is -0.133. The number of hydrogen-bond donors (Lipinski definition) is 2. The number of hydrogen-bond acceptors (Lipinski definition) is 3. The Morgan fingerprint density at radius 1 is 1.25 bits per heavy atom. The molecule has 0 heterocycles. The van der Waals surface area contributed by atoms with Gasteiger partial charge in [0.05, 0.1) is 0 Å². The summed E-state index contributed by atoms with van der Waals surface area (Å²) in [5, 5.41) is 2.68. The largest absolute Gasteiger partial charge is 0.347 e. The summed E-state index contributed by atoms with van der Waals surface area (Å²) in [5.74, 6) is -0.157. The van der Waals surface area contributed by atoms with Crippen molar-refractivity contribution in [2.45, 2.75) is 38.6 Å². The number of carbonyl (C=O) groups is 2. The van der Waals surface area contributed by atoms with E-state index in [1.807, 2.05) is 0 Å². The molecule has 16 heavy (non-hydrogen) atoms. The smallest absolute Gasteiger partial charge is 0.244 e. The van der Waals surface area contributed by atoms with Gasteiger partial charge in [-0.25, -0.2) is 0 Å². The third-order valence-electron chi connectivity index (χ3n) is 2.30. The maximum absolute atomic E-state index is 11.4. The monoisotopic (exact) mass is 229 g/mol. The zero-order valence-corrected chi connectivity index (χ0v) is 10.5. The van der Waals surface area contributed by atoms with E-state index in [2.05, 4.69) is 5.32 Å². The number of carbonyl (C=O) groups excluding carboxylic acids is 2. The molecule has 94 valence electrons. The second-order valence-electron chi connectivity index (χ2n) is 4.12. The van der Waals surface area contributed by atoms with Crippen molar-refractivity contribution in [3.63, 3.8) is 0 Å². The Labute approximate surface area is 97.4 Å². The van der Waals surface area contributed by atoms with E-state index >= 15 is 0 Å². The lowest BCUT2D eigenvalue weighted by atomic mass is 10.2. The maximum atomic E-state index is 11.4. The second-order valence-corrected chi connectivity index (χ2v) is 4.12. The molecule has 1 unspecified atom stereocenters. The van der Waals surface area contributed by atoms with Crippen LogP contribution in [-0.2, 0) is 9.59 Å². The molecule has 5 heteroatoms. The van der Waals surface area contributed by atoms with Crippen LogP contribution in [0.3, 0.4) is 0 Å². The van der Waals surface area contributed by atoms with Crippen LogP contribution in [-0.4, -0.2) is 43.4 Å². The lowest BCUT2D eigenvalue weighted by Crippen LogP contribution is -2.44. The molecule has 0 aromatic rings. The predicted octanol–water partition coefficient (Wildman–Crippen LogP) is 0.0984. The van der Waals surface area contributed by atoms with Gasteiger partial charge in [-0.2, -0.15) is 0 Å². The molecule has 1 atom stereocenters. The van der Waals surface area contributed by atoms with Gasteiger partial charge in [-0.3, -0.25) is 9.59 Å². The molecule has 0 fully saturated rings. The van der Waals surface area contributed by atoms with Gasteiger partial charge in [-0.15, -0.1) is 0 Å². The summed E-state index contributed by atoms with van der Waals surface area (Å²) in [7, 11) is 3.35. The summed E-state index contributed by atoms with van der Waals surface area (Å²) in [6.07, 6.45) is 3.19. The number of rotatable bonds is 7. The normalized spacial score (nSPS) is 12.0. The van der Waals surface area contributed by atoms with Crippen LogP contribution < -0.4 is 11.1 Å². The van der Waals surface area contributed by atoms with Gasteiger partial charge in [0.2, 0.25) is 11.8 Å². The van der Waals surface area contributed by atoms with E-state index in [-0.39, 0.29) is 11.8 Å². The highest BCUT2D eigenvalue weighted by molar-refractivity contribution is 5.86. The van der Waals surface area contributed by atoms with Gasteiger partial charge < -0.3 is 16.0 Å². The standard InChI is InChI=1S/C11H23N3O2/c1-9(11(16)14(2)3)13-10(15)7-5-4-6-8-12/h9H,4-8,12H2,1-3H3,(H,13,15). The van der Waals surface area contributed by atoms with Crippen LogP contribution in [0.2, 0.25) is 0 Å². The Bertz CT molecular complexity index is 229. The van der Waals surface area contributed by atoms with E-state index in [4.69, 9.17) is 5.73 Å². The van der Waals surface area contributed by atoms with Crippen molar-refractivity contribution in [3.8, 4) is 0 Å². The average Bonchev–Trinajstić information content (AvgIpc) is 2.23. The van der Waals surface area contributed by atoms with Gasteiger partial charge >= 0.3 is 0 Å². The van der Waals surface area contributed by atoms with Gasteiger partial charge in [-0.05, 0) is 26.3 Å². The minimum absolute atomic E-state index is 0.0697. The van der Waals surface area contributed by atoms with E-state index in [1.165, 1.54) is 4.90 Å². The van der Waals surface area contributed by atoms with Crippen LogP contribution in [0.1, 0.15) is 32.6 Å². The number of unbranched alkanes of at least 4 members (excludes halogenated alkanes) is 2. The summed E-state index contributed by atoms with van der Waals surface area (Å²) >= 11 is 0. The van der Waals surface area contributed by atoms with Crippen molar-refractivity contribution in [3.05, 3.63) is 0 Å². The molecule has 3 N–H and O–H groups in total. The first-order valence-corrected chi connectivity index (χ1v) is 5.69. The lowest BCUT2D eigenvalue weighted by Gasteiger charge is -2.17. The first-order valence-electron chi connectivity index (χ1n) is 5.69. The Kier molecular flexibility index (Phi) is 7.54.